The highest BCUT2D eigenvalue weighted by molar-refractivity contribution is 7.08. The molecule has 0 aliphatic heterocycles. The second kappa shape index (κ2) is 4.76. The summed E-state index contributed by atoms with van der Waals surface area (Å²) in [4.78, 5) is 4.37. The first-order valence-corrected chi connectivity index (χ1v) is 6.20. The third-order valence-corrected chi connectivity index (χ3v) is 3.35. The van der Waals surface area contributed by atoms with Crippen LogP contribution in [0.1, 0.15) is 18.4 Å². The van der Waals surface area contributed by atoms with Gasteiger partial charge in [-0.2, -0.15) is 16.3 Å². The summed E-state index contributed by atoms with van der Waals surface area (Å²) in [5, 5.41) is 8.10. The van der Waals surface area contributed by atoms with E-state index >= 15 is 0 Å². The molecule has 0 aromatic carbocycles. The lowest BCUT2D eigenvalue weighted by atomic mass is 10.1. The minimum atomic E-state index is 0.372. The number of nitrogens with zero attached hydrogens (tertiary/aromatic N) is 2. The average molecular weight is 237 g/mol. The molecular formula is C11H15N3OS. The van der Waals surface area contributed by atoms with Crippen molar-refractivity contribution in [2.45, 2.75) is 20.3 Å². The predicted molar refractivity (Wildman–Crippen MR) is 64.3 cm³/mol. The minimum Gasteiger partial charge on any atom is -0.339 e. The largest absolute Gasteiger partial charge is 0.339 e. The molecule has 0 bridgehead atoms. The van der Waals surface area contributed by atoms with Crippen molar-refractivity contribution in [2.24, 2.45) is 11.7 Å². The fourth-order valence-corrected chi connectivity index (χ4v) is 2.24. The highest BCUT2D eigenvalue weighted by Gasteiger charge is 2.13. The van der Waals surface area contributed by atoms with Crippen LogP contribution in [0.3, 0.4) is 0 Å². The molecule has 16 heavy (non-hydrogen) atoms. The van der Waals surface area contributed by atoms with Gasteiger partial charge >= 0.3 is 0 Å². The Bertz CT molecular complexity index is 463. The Kier molecular flexibility index (Phi) is 3.36. The van der Waals surface area contributed by atoms with E-state index in [1.165, 1.54) is 5.56 Å². The molecule has 86 valence electrons. The van der Waals surface area contributed by atoms with Gasteiger partial charge < -0.3 is 10.3 Å². The van der Waals surface area contributed by atoms with Crippen LogP contribution in [0.15, 0.2) is 15.3 Å². The van der Waals surface area contributed by atoms with Crippen molar-refractivity contribution in [1.29, 1.82) is 0 Å². The van der Waals surface area contributed by atoms with Crippen molar-refractivity contribution in [3.63, 3.8) is 0 Å². The van der Waals surface area contributed by atoms with Gasteiger partial charge in [-0.05, 0) is 30.3 Å². The van der Waals surface area contributed by atoms with Crippen LogP contribution in [0.5, 0.6) is 0 Å². The van der Waals surface area contributed by atoms with Gasteiger partial charge in [0, 0.05) is 17.4 Å². The predicted octanol–water partition coefficient (Wildman–Crippen LogP) is 2.24. The summed E-state index contributed by atoms with van der Waals surface area (Å²) < 4.78 is 5.20. The normalized spacial score (nSPS) is 12.9. The molecular weight excluding hydrogens is 222 g/mol. The Morgan fingerprint density at radius 1 is 1.50 bits per heavy atom. The summed E-state index contributed by atoms with van der Waals surface area (Å²) >= 11 is 1.65. The number of aromatic nitrogens is 2. The van der Waals surface area contributed by atoms with Crippen LogP contribution in [0.4, 0.5) is 0 Å². The maximum Gasteiger partial charge on any atom is 0.227 e. The van der Waals surface area contributed by atoms with Gasteiger partial charge in [0.1, 0.15) is 0 Å². The van der Waals surface area contributed by atoms with Gasteiger partial charge in [0.15, 0.2) is 0 Å². The lowest BCUT2D eigenvalue weighted by Crippen LogP contribution is -2.13. The topological polar surface area (TPSA) is 64.9 Å². The standard InChI is InChI=1S/C11H15N3OS/c1-7(4-12)3-10-13-11(14-15-10)9-6-16-5-8(9)2/h5-7H,3-4,12H2,1-2H3. The Labute approximate surface area is 98.5 Å². The van der Waals surface area contributed by atoms with Crippen LogP contribution >= 0.6 is 11.3 Å². The molecule has 0 spiro atoms. The quantitative estimate of drug-likeness (QED) is 0.885. The molecule has 4 nitrogen and oxygen atoms in total. The van der Waals surface area contributed by atoms with Gasteiger partial charge in [-0.1, -0.05) is 12.1 Å². The van der Waals surface area contributed by atoms with E-state index < -0.39 is 0 Å². The highest BCUT2D eigenvalue weighted by atomic mass is 32.1. The van der Waals surface area contributed by atoms with Crippen LogP contribution < -0.4 is 5.73 Å². The lowest BCUT2D eigenvalue weighted by molar-refractivity contribution is 0.360. The molecule has 2 aromatic heterocycles. The van der Waals surface area contributed by atoms with E-state index in [2.05, 4.69) is 22.4 Å². The SMILES string of the molecule is Cc1cscc1-c1noc(CC(C)CN)n1. The van der Waals surface area contributed by atoms with Crippen LogP contribution in [0, 0.1) is 12.8 Å². The second-order valence-corrected chi connectivity index (χ2v) is 4.77. The molecule has 1 unspecified atom stereocenters. The molecule has 0 radical (unpaired) electrons. The van der Waals surface area contributed by atoms with E-state index in [4.69, 9.17) is 10.3 Å². The van der Waals surface area contributed by atoms with Crippen molar-refractivity contribution >= 4 is 11.3 Å². The van der Waals surface area contributed by atoms with Gasteiger partial charge in [0.05, 0.1) is 0 Å². The summed E-state index contributed by atoms with van der Waals surface area (Å²) in [6, 6.07) is 0. The van der Waals surface area contributed by atoms with Crippen LogP contribution in [-0.4, -0.2) is 16.7 Å². The first kappa shape index (κ1) is 11.3. The highest BCUT2D eigenvalue weighted by Crippen LogP contribution is 2.24. The number of aryl methyl sites for hydroxylation is 1. The summed E-state index contributed by atoms with van der Waals surface area (Å²) in [5.41, 5.74) is 7.80. The van der Waals surface area contributed by atoms with Gasteiger partial charge in [-0.15, -0.1) is 0 Å². The number of thiophene rings is 1. The Morgan fingerprint density at radius 2 is 2.31 bits per heavy atom. The number of hydrogen-bond acceptors (Lipinski definition) is 5. The molecule has 2 N–H and O–H groups in total. The maximum absolute atomic E-state index is 5.56. The van der Waals surface area contributed by atoms with Gasteiger partial charge in [-0.3, -0.25) is 0 Å². The van der Waals surface area contributed by atoms with E-state index in [1.807, 2.05) is 12.3 Å². The fourth-order valence-electron chi connectivity index (χ4n) is 1.42. The van der Waals surface area contributed by atoms with Crippen LogP contribution in [-0.2, 0) is 6.42 Å². The fraction of sp³-hybridized carbons (Fsp3) is 0.455. The van der Waals surface area contributed by atoms with E-state index in [0.717, 1.165) is 12.0 Å². The van der Waals surface area contributed by atoms with E-state index in [0.29, 0.717) is 24.2 Å². The summed E-state index contributed by atoms with van der Waals surface area (Å²) in [6.07, 6.45) is 0.743. The molecule has 2 heterocycles. The molecule has 2 aromatic rings. The minimum absolute atomic E-state index is 0.372. The van der Waals surface area contributed by atoms with Crippen LogP contribution in [0.2, 0.25) is 0 Å². The monoisotopic (exact) mass is 237 g/mol. The zero-order chi connectivity index (χ0) is 11.5. The zero-order valence-electron chi connectivity index (χ0n) is 9.43. The van der Waals surface area contributed by atoms with E-state index in [-0.39, 0.29) is 0 Å². The summed E-state index contributed by atoms with van der Waals surface area (Å²) in [5.74, 6) is 1.72. The third kappa shape index (κ3) is 2.31. The first-order valence-electron chi connectivity index (χ1n) is 5.26. The molecule has 0 fully saturated rings. The molecule has 0 saturated carbocycles. The summed E-state index contributed by atoms with van der Waals surface area (Å²) in [7, 11) is 0. The Balaban J connectivity index is 2.17. The van der Waals surface area contributed by atoms with Crippen molar-refractivity contribution in [2.75, 3.05) is 6.54 Å². The van der Waals surface area contributed by atoms with E-state index in [1.54, 1.807) is 11.3 Å². The average Bonchev–Trinajstić information content (AvgIpc) is 2.86. The molecule has 1 atom stereocenters. The van der Waals surface area contributed by atoms with Crippen molar-refractivity contribution in [3.8, 4) is 11.4 Å². The van der Waals surface area contributed by atoms with Crippen molar-refractivity contribution in [1.82, 2.24) is 10.1 Å². The molecule has 0 saturated heterocycles. The molecule has 0 amide bonds. The maximum atomic E-state index is 5.56. The molecule has 0 aliphatic carbocycles. The second-order valence-electron chi connectivity index (χ2n) is 4.03. The van der Waals surface area contributed by atoms with E-state index in [9.17, 15) is 0 Å². The number of nitrogens with two attached hydrogens (primary N) is 1. The van der Waals surface area contributed by atoms with Gasteiger partial charge in [0.25, 0.3) is 0 Å². The van der Waals surface area contributed by atoms with Gasteiger partial charge in [0.2, 0.25) is 11.7 Å². The van der Waals surface area contributed by atoms with Crippen molar-refractivity contribution in [3.05, 3.63) is 22.2 Å². The van der Waals surface area contributed by atoms with Gasteiger partial charge in [-0.25, -0.2) is 0 Å². The molecule has 5 heteroatoms. The number of rotatable bonds is 4. The first-order chi connectivity index (χ1) is 7.70. The van der Waals surface area contributed by atoms with Crippen molar-refractivity contribution < 1.29 is 4.52 Å². The smallest absolute Gasteiger partial charge is 0.227 e. The Morgan fingerprint density at radius 3 is 2.94 bits per heavy atom. The Hall–Kier alpha value is -1.20. The third-order valence-electron chi connectivity index (χ3n) is 2.49. The lowest BCUT2D eigenvalue weighted by Gasteiger charge is -2.01. The van der Waals surface area contributed by atoms with Crippen LogP contribution in [0.25, 0.3) is 11.4 Å². The zero-order valence-corrected chi connectivity index (χ0v) is 10.3. The summed E-state index contributed by atoms with van der Waals surface area (Å²) in [6.45, 7) is 4.75. The number of hydrogen-bond donors (Lipinski definition) is 1. The molecule has 0 aliphatic rings. The molecule has 2 rings (SSSR count).